The molecule has 2 aromatic heterocycles. The third-order valence-electron chi connectivity index (χ3n) is 6.61. The molecule has 12 heteroatoms. The molecule has 0 aliphatic heterocycles. The van der Waals surface area contributed by atoms with Gasteiger partial charge in [0, 0.05) is 81.3 Å². The fourth-order valence-electron chi connectivity index (χ4n) is 4.54. The van der Waals surface area contributed by atoms with Crippen molar-refractivity contribution in [1.82, 2.24) is 9.97 Å². The molecule has 2 heterocycles. The molecule has 0 aliphatic carbocycles. The molecular formula is C30H38N2O4S4Si2. The van der Waals surface area contributed by atoms with E-state index >= 15 is 0 Å². The third kappa shape index (κ3) is 8.89. The lowest BCUT2D eigenvalue weighted by molar-refractivity contribution is -0.140. The van der Waals surface area contributed by atoms with Crippen molar-refractivity contribution >= 4 is 85.2 Å². The molecule has 0 aliphatic rings. The molecule has 0 fully saturated rings. The molecule has 6 radical (unpaired) electrons. The Labute approximate surface area is 272 Å². The molecule has 0 saturated heterocycles. The van der Waals surface area contributed by atoms with Gasteiger partial charge in [-0.2, -0.15) is 0 Å². The first-order valence-corrected chi connectivity index (χ1v) is 19.6. The summed E-state index contributed by atoms with van der Waals surface area (Å²) >= 11 is 3.49. The number of benzene rings is 2. The van der Waals surface area contributed by atoms with E-state index in [1.807, 2.05) is 61.4 Å². The Kier molecular flexibility index (Phi) is 14.3. The number of para-hydroxylation sites is 2. The zero-order valence-corrected chi connectivity index (χ0v) is 29.8. The smallest absolute Gasteiger partial charge is 0.157 e. The highest BCUT2D eigenvalue weighted by Crippen LogP contribution is 2.44. The zero-order chi connectivity index (χ0) is 29.9. The van der Waals surface area contributed by atoms with Crippen LogP contribution in [0.1, 0.15) is 49.5 Å². The summed E-state index contributed by atoms with van der Waals surface area (Å²) < 4.78 is 26.4. The van der Waals surface area contributed by atoms with Gasteiger partial charge in [0.25, 0.3) is 0 Å². The summed E-state index contributed by atoms with van der Waals surface area (Å²) in [6, 6.07) is 16.6. The maximum atomic E-state index is 6.00. The van der Waals surface area contributed by atoms with E-state index in [2.05, 4.69) is 56.9 Å². The zero-order valence-electron chi connectivity index (χ0n) is 24.5. The SMILES string of the molecule is CCOC(OCC)C([Si])C(CSSCC(c1nc2ccccc2s1)C([Si])C(OCC)OCC)c1nc2ccccc2s1. The topological polar surface area (TPSA) is 62.7 Å². The lowest BCUT2D eigenvalue weighted by Crippen LogP contribution is -2.29. The molecule has 0 amide bonds. The highest BCUT2D eigenvalue weighted by Gasteiger charge is 2.33. The lowest BCUT2D eigenvalue weighted by Gasteiger charge is -2.30. The van der Waals surface area contributed by atoms with Crippen molar-refractivity contribution in [3.8, 4) is 0 Å². The van der Waals surface area contributed by atoms with Crippen LogP contribution in [-0.4, -0.2) is 81.0 Å². The summed E-state index contributed by atoms with van der Waals surface area (Å²) in [5, 5.41) is 2.17. The predicted octanol–water partition coefficient (Wildman–Crippen LogP) is 7.87. The van der Waals surface area contributed by atoms with E-state index in [1.165, 1.54) is 9.40 Å². The maximum Gasteiger partial charge on any atom is 0.157 e. The van der Waals surface area contributed by atoms with Crippen LogP contribution >= 0.6 is 44.3 Å². The monoisotopic (exact) mass is 674 g/mol. The Morgan fingerprint density at radius 2 is 0.976 bits per heavy atom. The molecule has 4 rings (SSSR count). The molecule has 0 spiro atoms. The number of hydrogen-bond donors (Lipinski definition) is 0. The first-order chi connectivity index (χ1) is 20.5. The number of nitrogens with zero attached hydrogens (tertiary/aromatic N) is 2. The van der Waals surface area contributed by atoms with E-state index < -0.39 is 0 Å². The number of thiazole rings is 2. The highest BCUT2D eigenvalue weighted by atomic mass is 33.1. The third-order valence-corrected chi connectivity index (χ3v) is 12.8. The van der Waals surface area contributed by atoms with Crippen LogP contribution in [0.15, 0.2) is 48.5 Å². The normalized spacial score (nSPS) is 15.1. The number of fused-ring (bicyclic) bond motifs is 2. The number of ether oxygens (including phenoxy) is 4. The Morgan fingerprint density at radius 3 is 1.31 bits per heavy atom. The van der Waals surface area contributed by atoms with Crippen LogP contribution in [0, 0.1) is 0 Å². The fraction of sp³-hybridized carbons (Fsp3) is 0.533. The minimum absolute atomic E-state index is 0.0533. The van der Waals surface area contributed by atoms with Gasteiger partial charge in [-0.25, -0.2) is 9.97 Å². The Morgan fingerprint density at radius 1 is 0.619 bits per heavy atom. The summed E-state index contributed by atoms with van der Waals surface area (Å²) in [7, 11) is 11.8. The van der Waals surface area contributed by atoms with E-state index in [-0.39, 0.29) is 35.5 Å². The van der Waals surface area contributed by atoms with E-state index in [0.29, 0.717) is 26.4 Å². The summed E-state index contributed by atoms with van der Waals surface area (Å²) in [6.07, 6.45) is -0.723. The van der Waals surface area contributed by atoms with E-state index in [1.54, 1.807) is 22.7 Å². The standard InChI is InChI=1S/C30H38N2O4S4Si2/c1-5-33-29(34-6-2)25(41)19(27-31-21-13-9-11-15-23(21)39-27)17-37-38-18-20(26(42)30(35-7-3)36-8-4)28-32-22-14-10-12-16-24(22)40-28/h9-16,19-20,25-26,29-30H,5-8,17-18H2,1-4H3. The van der Waals surface area contributed by atoms with Gasteiger partial charge >= 0.3 is 0 Å². The summed E-state index contributed by atoms with van der Waals surface area (Å²) in [6.45, 7) is 10.3. The first kappa shape index (κ1) is 34.1. The molecule has 0 N–H and O–H groups in total. The van der Waals surface area contributed by atoms with Gasteiger partial charge in [-0.15, -0.1) is 22.7 Å². The molecule has 0 bridgehead atoms. The van der Waals surface area contributed by atoms with Crippen LogP contribution in [0.3, 0.4) is 0 Å². The van der Waals surface area contributed by atoms with Crippen molar-refractivity contribution in [3.63, 3.8) is 0 Å². The minimum atomic E-state index is -0.362. The summed E-state index contributed by atoms with van der Waals surface area (Å²) in [4.78, 5) is 10.0. The number of hydrogen-bond acceptors (Lipinski definition) is 10. The van der Waals surface area contributed by atoms with Crippen LogP contribution in [0.4, 0.5) is 0 Å². The minimum Gasteiger partial charge on any atom is -0.353 e. The second kappa shape index (κ2) is 17.6. The molecular weight excluding hydrogens is 637 g/mol. The van der Waals surface area contributed by atoms with Gasteiger partial charge in [0.1, 0.15) is 0 Å². The Balaban J connectivity index is 1.53. The molecule has 6 nitrogen and oxygen atoms in total. The van der Waals surface area contributed by atoms with Crippen molar-refractivity contribution < 1.29 is 18.9 Å². The van der Waals surface area contributed by atoms with Gasteiger partial charge in [-0.3, -0.25) is 0 Å². The van der Waals surface area contributed by atoms with Crippen molar-refractivity contribution in [1.29, 1.82) is 0 Å². The number of rotatable bonds is 19. The second-order valence-corrected chi connectivity index (χ2v) is 15.4. The van der Waals surface area contributed by atoms with Crippen LogP contribution in [0.5, 0.6) is 0 Å². The summed E-state index contributed by atoms with van der Waals surface area (Å²) in [5.41, 5.74) is 1.95. The molecule has 224 valence electrons. The first-order valence-electron chi connectivity index (χ1n) is 14.3. The van der Waals surface area contributed by atoms with Crippen LogP contribution in [0.25, 0.3) is 20.4 Å². The van der Waals surface area contributed by atoms with Crippen LogP contribution in [0.2, 0.25) is 11.1 Å². The van der Waals surface area contributed by atoms with E-state index in [9.17, 15) is 0 Å². The van der Waals surface area contributed by atoms with Gasteiger partial charge in [0.2, 0.25) is 0 Å². The highest BCUT2D eigenvalue weighted by molar-refractivity contribution is 8.76. The van der Waals surface area contributed by atoms with Crippen molar-refractivity contribution in [2.45, 2.75) is 63.2 Å². The van der Waals surface area contributed by atoms with E-state index in [0.717, 1.165) is 32.6 Å². The maximum absolute atomic E-state index is 6.00. The average molecular weight is 675 g/mol. The van der Waals surface area contributed by atoms with Gasteiger partial charge in [0.05, 0.1) is 30.4 Å². The second-order valence-electron chi connectivity index (χ2n) is 9.43. The van der Waals surface area contributed by atoms with Gasteiger partial charge in [-0.1, -0.05) is 45.9 Å². The van der Waals surface area contributed by atoms with Gasteiger partial charge in [0.15, 0.2) is 12.6 Å². The van der Waals surface area contributed by atoms with Crippen LogP contribution in [-0.2, 0) is 18.9 Å². The summed E-state index contributed by atoms with van der Waals surface area (Å²) in [5.74, 6) is 1.88. The average Bonchev–Trinajstić information content (AvgIpc) is 3.62. The molecule has 2 aromatic carbocycles. The van der Waals surface area contributed by atoms with Gasteiger partial charge < -0.3 is 18.9 Å². The molecule has 0 saturated carbocycles. The van der Waals surface area contributed by atoms with Crippen molar-refractivity contribution in [2.24, 2.45) is 0 Å². The van der Waals surface area contributed by atoms with Crippen LogP contribution < -0.4 is 0 Å². The van der Waals surface area contributed by atoms with Crippen molar-refractivity contribution in [2.75, 3.05) is 37.9 Å². The van der Waals surface area contributed by atoms with E-state index in [4.69, 9.17) is 28.9 Å². The van der Waals surface area contributed by atoms with Crippen molar-refractivity contribution in [3.05, 3.63) is 58.5 Å². The molecule has 4 unspecified atom stereocenters. The van der Waals surface area contributed by atoms with Gasteiger partial charge in [-0.05, 0) is 52.0 Å². The largest absolute Gasteiger partial charge is 0.353 e. The predicted molar refractivity (Wildman–Crippen MR) is 183 cm³/mol. The fourth-order valence-corrected chi connectivity index (χ4v) is 11.2. The molecule has 4 atom stereocenters. The lowest BCUT2D eigenvalue weighted by atomic mass is 10.1. The molecule has 4 aromatic rings. The number of aromatic nitrogens is 2. The Bertz CT molecular complexity index is 1180. The molecule has 42 heavy (non-hydrogen) atoms. The Hall–Kier alpha value is -0.806. The quantitative estimate of drug-likeness (QED) is 0.0431.